The lowest BCUT2D eigenvalue weighted by molar-refractivity contribution is -0.119. The van der Waals surface area contributed by atoms with Crippen LogP contribution in [0.3, 0.4) is 0 Å². The van der Waals surface area contributed by atoms with Crippen LogP contribution in [0.5, 0.6) is 0 Å². The van der Waals surface area contributed by atoms with Crippen molar-refractivity contribution in [2.24, 2.45) is 0 Å². The molecule has 7 heteroatoms. The second kappa shape index (κ2) is 7.49. The number of benzene rings is 1. The fourth-order valence-electron chi connectivity index (χ4n) is 1.74. The van der Waals surface area contributed by atoms with Crippen LogP contribution in [0.25, 0.3) is 0 Å². The molecule has 0 aliphatic heterocycles. The van der Waals surface area contributed by atoms with E-state index in [1.54, 1.807) is 23.5 Å². The summed E-state index contributed by atoms with van der Waals surface area (Å²) in [6.45, 7) is 3.83. The summed E-state index contributed by atoms with van der Waals surface area (Å²) in [6.07, 6.45) is 0. The third-order valence-corrected chi connectivity index (χ3v) is 5.43. The first-order valence-corrected chi connectivity index (χ1v) is 8.87. The van der Waals surface area contributed by atoms with Gasteiger partial charge in [0.25, 0.3) is 0 Å². The summed E-state index contributed by atoms with van der Waals surface area (Å²) in [6, 6.07) is 5.10. The zero-order valence-electron chi connectivity index (χ0n) is 11.5. The number of halogens is 2. The number of hydrogen-bond donors (Lipinski definition) is 1. The molecular weight excluding hydrogens is 347 g/mol. The molecule has 0 unspecified atom stereocenters. The molecule has 1 atom stereocenters. The Bertz CT molecular complexity index is 646. The summed E-state index contributed by atoms with van der Waals surface area (Å²) in [4.78, 5) is 16.3. The van der Waals surface area contributed by atoms with Gasteiger partial charge in [-0.15, -0.1) is 11.3 Å². The van der Waals surface area contributed by atoms with Crippen molar-refractivity contribution in [2.75, 3.05) is 5.75 Å². The molecule has 0 saturated carbocycles. The Morgan fingerprint density at radius 2 is 2.24 bits per heavy atom. The van der Waals surface area contributed by atoms with Crippen LogP contribution in [0.4, 0.5) is 0 Å². The molecule has 2 aromatic rings. The van der Waals surface area contributed by atoms with Gasteiger partial charge in [0, 0.05) is 21.1 Å². The summed E-state index contributed by atoms with van der Waals surface area (Å²) >= 11 is 15.0. The average molecular weight is 361 g/mol. The van der Waals surface area contributed by atoms with Gasteiger partial charge in [-0.05, 0) is 31.5 Å². The van der Waals surface area contributed by atoms with Crippen molar-refractivity contribution in [2.45, 2.75) is 24.2 Å². The topological polar surface area (TPSA) is 42.0 Å². The molecular formula is C14H14Cl2N2OS2. The first-order chi connectivity index (χ1) is 9.95. The quantitative estimate of drug-likeness (QED) is 0.783. The van der Waals surface area contributed by atoms with Crippen LogP contribution in [0, 0.1) is 6.92 Å². The molecule has 1 N–H and O–H groups in total. The highest BCUT2D eigenvalue weighted by Gasteiger charge is 2.13. The summed E-state index contributed by atoms with van der Waals surface area (Å²) in [7, 11) is 0. The number of carbonyl (C=O) groups excluding carboxylic acids is 1. The predicted octanol–water partition coefficient (Wildman–Crippen LogP) is 4.73. The molecule has 0 fully saturated rings. The van der Waals surface area contributed by atoms with Crippen LogP contribution in [0.1, 0.15) is 24.2 Å². The van der Waals surface area contributed by atoms with Gasteiger partial charge in [-0.25, -0.2) is 4.98 Å². The maximum atomic E-state index is 12.0. The van der Waals surface area contributed by atoms with Crippen molar-refractivity contribution in [1.82, 2.24) is 10.3 Å². The minimum absolute atomic E-state index is 0.0497. The lowest BCUT2D eigenvalue weighted by atomic mass is 10.1. The van der Waals surface area contributed by atoms with Gasteiger partial charge in [0.05, 0.1) is 11.8 Å². The lowest BCUT2D eigenvalue weighted by Gasteiger charge is -2.15. The number of carbonyl (C=O) groups is 1. The molecule has 112 valence electrons. The molecule has 0 aliphatic carbocycles. The first kappa shape index (κ1) is 16.6. The molecule has 0 radical (unpaired) electrons. The van der Waals surface area contributed by atoms with E-state index in [4.69, 9.17) is 23.2 Å². The highest BCUT2D eigenvalue weighted by Crippen LogP contribution is 2.26. The molecule has 1 aromatic heterocycles. The summed E-state index contributed by atoms with van der Waals surface area (Å²) in [5.41, 5.74) is 1.83. The summed E-state index contributed by atoms with van der Waals surface area (Å²) in [5, 5.41) is 6.03. The van der Waals surface area contributed by atoms with Gasteiger partial charge in [-0.1, -0.05) is 41.0 Å². The Morgan fingerprint density at radius 3 is 2.86 bits per heavy atom. The largest absolute Gasteiger partial charge is 0.349 e. The second-order valence-corrected chi connectivity index (χ2v) is 7.42. The SMILES string of the molecule is Cc1csc(SCC(=O)N[C@@H](C)c2ccc(Cl)cc2Cl)n1. The van der Waals surface area contributed by atoms with Gasteiger partial charge < -0.3 is 5.32 Å². The van der Waals surface area contributed by atoms with E-state index in [0.717, 1.165) is 15.6 Å². The van der Waals surface area contributed by atoms with Gasteiger partial charge in [0.15, 0.2) is 4.34 Å². The Hall–Kier alpha value is -0.750. The van der Waals surface area contributed by atoms with Crippen molar-refractivity contribution >= 4 is 52.2 Å². The molecule has 2 rings (SSSR count). The van der Waals surface area contributed by atoms with Crippen LogP contribution >= 0.6 is 46.3 Å². The van der Waals surface area contributed by atoms with Crippen molar-refractivity contribution in [3.63, 3.8) is 0 Å². The van der Waals surface area contributed by atoms with Crippen LogP contribution in [0.2, 0.25) is 10.0 Å². The lowest BCUT2D eigenvalue weighted by Crippen LogP contribution is -2.28. The average Bonchev–Trinajstić information content (AvgIpc) is 2.82. The van der Waals surface area contributed by atoms with E-state index >= 15 is 0 Å². The summed E-state index contributed by atoms with van der Waals surface area (Å²) in [5.74, 6) is 0.286. The Labute approximate surface area is 142 Å². The van der Waals surface area contributed by atoms with E-state index in [0.29, 0.717) is 15.8 Å². The normalized spacial score (nSPS) is 12.2. The smallest absolute Gasteiger partial charge is 0.230 e. The van der Waals surface area contributed by atoms with Crippen LogP contribution in [0.15, 0.2) is 27.9 Å². The van der Waals surface area contributed by atoms with Gasteiger partial charge in [0.2, 0.25) is 5.91 Å². The van der Waals surface area contributed by atoms with Crippen LogP contribution in [-0.4, -0.2) is 16.6 Å². The highest BCUT2D eigenvalue weighted by molar-refractivity contribution is 8.01. The molecule has 0 bridgehead atoms. The van der Waals surface area contributed by atoms with Crippen LogP contribution < -0.4 is 5.32 Å². The third-order valence-electron chi connectivity index (χ3n) is 2.73. The van der Waals surface area contributed by atoms with E-state index in [9.17, 15) is 4.79 Å². The van der Waals surface area contributed by atoms with Crippen molar-refractivity contribution in [3.8, 4) is 0 Å². The molecule has 0 spiro atoms. The van der Waals surface area contributed by atoms with Gasteiger partial charge in [-0.2, -0.15) is 0 Å². The fourth-order valence-corrected chi connectivity index (χ4v) is 3.97. The van der Waals surface area contributed by atoms with Crippen molar-refractivity contribution < 1.29 is 4.79 Å². The molecule has 1 aromatic carbocycles. The van der Waals surface area contributed by atoms with E-state index in [1.807, 2.05) is 25.3 Å². The predicted molar refractivity (Wildman–Crippen MR) is 90.6 cm³/mol. The first-order valence-electron chi connectivity index (χ1n) is 6.25. The zero-order chi connectivity index (χ0) is 15.4. The maximum Gasteiger partial charge on any atom is 0.230 e. The Morgan fingerprint density at radius 1 is 1.48 bits per heavy atom. The number of nitrogens with one attached hydrogen (secondary N) is 1. The molecule has 1 amide bonds. The van der Waals surface area contributed by atoms with E-state index in [-0.39, 0.29) is 11.9 Å². The number of amides is 1. The van der Waals surface area contributed by atoms with E-state index < -0.39 is 0 Å². The van der Waals surface area contributed by atoms with Crippen LogP contribution in [-0.2, 0) is 4.79 Å². The fraction of sp³-hybridized carbons (Fsp3) is 0.286. The van der Waals surface area contributed by atoms with E-state index in [2.05, 4.69) is 10.3 Å². The van der Waals surface area contributed by atoms with Crippen molar-refractivity contribution in [1.29, 1.82) is 0 Å². The Balaban J connectivity index is 1.89. The number of nitrogens with zero attached hydrogens (tertiary/aromatic N) is 1. The second-order valence-electron chi connectivity index (χ2n) is 4.50. The minimum Gasteiger partial charge on any atom is -0.349 e. The van der Waals surface area contributed by atoms with E-state index in [1.165, 1.54) is 11.8 Å². The molecule has 21 heavy (non-hydrogen) atoms. The number of hydrogen-bond acceptors (Lipinski definition) is 4. The van der Waals surface area contributed by atoms with Gasteiger partial charge in [-0.3, -0.25) is 4.79 Å². The minimum atomic E-state index is -0.166. The number of aromatic nitrogens is 1. The molecule has 0 aliphatic rings. The number of rotatable bonds is 5. The maximum absolute atomic E-state index is 12.0. The molecule has 1 heterocycles. The Kier molecular flexibility index (Phi) is 5.93. The number of aryl methyl sites for hydroxylation is 1. The van der Waals surface area contributed by atoms with Crippen molar-refractivity contribution in [3.05, 3.63) is 44.9 Å². The molecule has 0 saturated heterocycles. The standard InChI is InChI=1S/C14H14Cl2N2OS2/c1-8-6-20-14(17-8)21-7-13(19)18-9(2)11-4-3-10(15)5-12(11)16/h3-6,9H,7H2,1-2H3,(H,18,19)/t9-/m0/s1. The van der Waals surface area contributed by atoms with Gasteiger partial charge >= 0.3 is 0 Å². The monoisotopic (exact) mass is 360 g/mol. The molecule has 3 nitrogen and oxygen atoms in total. The zero-order valence-corrected chi connectivity index (χ0v) is 14.7. The number of thiazole rings is 1. The number of thioether (sulfide) groups is 1. The van der Waals surface area contributed by atoms with Gasteiger partial charge in [0.1, 0.15) is 0 Å². The summed E-state index contributed by atoms with van der Waals surface area (Å²) < 4.78 is 0.903. The third kappa shape index (κ3) is 4.88. The highest BCUT2D eigenvalue weighted by atomic mass is 35.5.